The van der Waals surface area contributed by atoms with Crippen molar-refractivity contribution in [2.75, 3.05) is 11.9 Å². The molecule has 2 N–H and O–H groups in total. The van der Waals surface area contributed by atoms with E-state index in [1.54, 1.807) is 36.4 Å². The number of aliphatic hydroxyl groups is 1. The third kappa shape index (κ3) is 2.83. The third-order valence-electron chi connectivity index (χ3n) is 3.25. The number of fused-ring (bicyclic) bond motifs is 1. The average Bonchev–Trinajstić information content (AvgIpc) is 2.55. The number of aliphatic hydroxyl groups excluding tert-OH is 1. The van der Waals surface area contributed by atoms with Gasteiger partial charge in [0.05, 0.1) is 6.61 Å². The molecule has 1 atom stereocenters. The van der Waals surface area contributed by atoms with Gasteiger partial charge >= 0.3 is 0 Å². The van der Waals surface area contributed by atoms with Crippen molar-refractivity contribution in [2.45, 2.75) is 12.7 Å². The predicted octanol–water partition coefficient (Wildman–Crippen LogP) is 1.96. The minimum absolute atomic E-state index is 0.138. The minimum Gasteiger partial charge on any atom is -0.485 e. The number of carbonyl (C=O) groups is 1. The molecule has 0 fully saturated rings. The number of hydrogen-bond donors (Lipinski definition) is 2. The van der Waals surface area contributed by atoms with E-state index in [1.165, 1.54) is 0 Å². The zero-order valence-corrected chi connectivity index (χ0v) is 11.3. The maximum absolute atomic E-state index is 12.2. The van der Waals surface area contributed by atoms with Crippen LogP contribution in [-0.4, -0.2) is 23.7 Å². The molecule has 5 heteroatoms. The molecule has 0 radical (unpaired) electrons. The van der Waals surface area contributed by atoms with Crippen LogP contribution in [0.25, 0.3) is 0 Å². The fourth-order valence-corrected chi connectivity index (χ4v) is 2.14. The van der Waals surface area contributed by atoms with Gasteiger partial charge in [-0.05, 0) is 18.2 Å². The Kier molecular flexibility index (Phi) is 3.75. The number of anilines is 1. The molecule has 1 heterocycles. The summed E-state index contributed by atoms with van der Waals surface area (Å²) in [5, 5.41) is 12.0. The molecule has 0 aromatic heterocycles. The number of para-hydroxylation sites is 3. The van der Waals surface area contributed by atoms with Gasteiger partial charge in [-0.3, -0.25) is 4.79 Å². The predicted molar refractivity (Wildman–Crippen MR) is 77.3 cm³/mol. The van der Waals surface area contributed by atoms with Gasteiger partial charge in [-0.15, -0.1) is 0 Å². The highest BCUT2D eigenvalue weighted by Gasteiger charge is 2.27. The van der Waals surface area contributed by atoms with Crippen molar-refractivity contribution in [3.05, 3.63) is 54.1 Å². The normalized spacial score (nSPS) is 16.3. The molecule has 0 saturated carbocycles. The van der Waals surface area contributed by atoms with Gasteiger partial charge in [0.15, 0.2) is 11.5 Å². The highest BCUT2D eigenvalue weighted by molar-refractivity contribution is 5.95. The zero-order chi connectivity index (χ0) is 14.7. The van der Waals surface area contributed by atoms with Gasteiger partial charge in [0.25, 0.3) is 5.91 Å². The smallest absolute Gasteiger partial charge is 0.269 e. The van der Waals surface area contributed by atoms with Crippen LogP contribution < -0.4 is 14.8 Å². The van der Waals surface area contributed by atoms with E-state index in [9.17, 15) is 9.90 Å². The fourth-order valence-electron chi connectivity index (χ4n) is 2.14. The molecule has 108 valence electrons. The Morgan fingerprint density at radius 3 is 2.67 bits per heavy atom. The number of amides is 1. The second-order valence-electron chi connectivity index (χ2n) is 4.67. The Morgan fingerprint density at radius 2 is 1.86 bits per heavy atom. The highest BCUT2D eigenvalue weighted by Crippen LogP contribution is 2.31. The lowest BCUT2D eigenvalue weighted by atomic mass is 10.2. The first kappa shape index (κ1) is 13.5. The molecule has 1 aliphatic heterocycles. The average molecular weight is 285 g/mol. The summed E-state index contributed by atoms with van der Waals surface area (Å²) in [6.45, 7) is 0.0193. The summed E-state index contributed by atoms with van der Waals surface area (Å²) < 4.78 is 11.2. The molecule has 0 spiro atoms. The molecule has 1 aliphatic rings. The summed E-state index contributed by atoms with van der Waals surface area (Å²) in [4.78, 5) is 12.2. The van der Waals surface area contributed by atoms with E-state index in [0.29, 0.717) is 22.7 Å². The van der Waals surface area contributed by atoms with Crippen LogP contribution in [0.4, 0.5) is 5.69 Å². The van der Waals surface area contributed by atoms with E-state index in [0.717, 1.165) is 0 Å². The number of carbonyl (C=O) groups excluding carboxylic acids is 1. The molecule has 21 heavy (non-hydrogen) atoms. The van der Waals surface area contributed by atoms with Gasteiger partial charge in [0.2, 0.25) is 6.10 Å². The molecule has 0 bridgehead atoms. The van der Waals surface area contributed by atoms with Crippen molar-refractivity contribution in [1.29, 1.82) is 0 Å². The Hall–Kier alpha value is -2.53. The SMILES string of the molecule is O=C(Nc1ccccc1CO)C1COc2ccccc2O1. The van der Waals surface area contributed by atoms with Crippen molar-refractivity contribution < 1.29 is 19.4 Å². The Bertz CT molecular complexity index is 656. The first-order valence-electron chi connectivity index (χ1n) is 6.66. The van der Waals surface area contributed by atoms with Gasteiger partial charge in [-0.2, -0.15) is 0 Å². The first-order chi connectivity index (χ1) is 10.3. The minimum atomic E-state index is -0.716. The summed E-state index contributed by atoms with van der Waals surface area (Å²) in [6, 6.07) is 14.3. The number of hydrogen-bond acceptors (Lipinski definition) is 4. The molecule has 1 unspecified atom stereocenters. The molecule has 1 amide bonds. The molecule has 0 aliphatic carbocycles. The summed E-state index contributed by atoms with van der Waals surface area (Å²) in [6.07, 6.45) is -0.716. The second-order valence-corrected chi connectivity index (χ2v) is 4.67. The number of nitrogens with one attached hydrogen (secondary N) is 1. The maximum Gasteiger partial charge on any atom is 0.269 e. The van der Waals surface area contributed by atoms with Gasteiger partial charge in [0.1, 0.15) is 6.61 Å². The van der Waals surface area contributed by atoms with Crippen molar-refractivity contribution in [1.82, 2.24) is 0 Å². The zero-order valence-electron chi connectivity index (χ0n) is 11.3. The summed E-state index contributed by atoms with van der Waals surface area (Å²) in [5.74, 6) is 0.891. The van der Waals surface area contributed by atoms with E-state index in [2.05, 4.69) is 5.32 Å². The number of ether oxygens (including phenoxy) is 2. The lowest BCUT2D eigenvalue weighted by Crippen LogP contribution is -2.40. The summed E-state index contributed by atoms with van der Waals surface area (Å²) in [7, 11) is 0. The Labute approximate surface area is 122 Å². The van der Waals surface area contributed by atoms with Gasteiger partial charge in [-0.1, -0.05) is 30.3 Å². The quantitative estimate of drug-likeness (QED) is 0.904. The van der Waals surface area contributed by atoms with Crippen LogP contribution in [0, 0.1) is 0 Å². The van der Waals surface area contributed by atoms with Crippen LogP contribution in [0.1, 0.15) is 5.56 Å². The summed E-state index contributed by atoms with van der Waals surface area (Å²) in [5.41, 5.74) is 1.23. The van der Waals surface area contributed by atoms with Crippen LogP contribution in [0.3, 0.4) is 0 Å². The molecule has 5 nitrogen and oxygen atoms in total. The highest BCUT2D eigenvalue weighted by atomic mass is 16.6. The topological polar surface area (TPSA) is 67.8 Å². The molecule has 2 aromatic rings. The van der Waals surface area contributed by atoms with E-state index in [-0.39, 0.29) is 19.1 Å². The molecular weight excluding hydrogens is 270 g/mol. The lowest BCUT2D eigenvalue weighted by molar-refractivity contribution is -0.125. The van der Waals surface area contributed by atoms with Crippen LogP contribution in [0.2, 0.25) is 0 Å². The lowest BCUT2D eigenvalue weighted by Gasteiger charge is -2.25. The maximum atomic E-state index is 12.2. The number of rotatable bonds is 3. The molecule has 0 saturated heterocycles. The molecular formula is C16H15NO4. The fraction of sp³-hybridized carbons (Fsp3) is 0.188. The molecule has 3 rings (SSSR count). The standard InChI is InChI=1S/C16H15NO4/c18-9-11-5-1-2-6-12(11)17-16(19)15-10-20-13-7-3-4-8-14(13)21-15/h1-8,15,18H,9-10H2,(H,17,19). The van der Waals surface area contributed by atoms with Crippen LogP contribution in [-0.2, 0) is 11.4 Å². The van der Waals surface area contributed by atoms with Crippen molar-refractivity contribution in [3.8, 4) is 11.5 Å². The van der Waals surface area contributed by atoms with Crippen molar-refractivity contribution in [3.63, 3.8) is 0 Å². The summed E-state index contributed by atoms with van der Waals surface area (Å²) >= 11 is 0. The van der Waals surface area contributed by atoms with Crippen LogP contribution >= 0.6 is 0 Å². The van der Waals surface area contributed by atoms with Crippen LogP contribution in [0.5, 0.6) is 11.5 Å². The van der Waals surface area contributed by atoms with Crippen molar-refractivity contribution in [2.24, 2.45) is 0 Å². The first-order valence-corrected chi connectivity index (χ1v) is 6.66. The monoisotopic (exact) mass is 285 g/mol. The number of benzene rings is 2. The van der Waals surface area contributed by atoms with Crippen LogP contribution in [0.15, 0.2) is 48.5 Å². The Morgan fingerprint density at radius 1 is 1.14 bits per heavy atom. The van der Waals surface area contributed by atoms with E-state index in [4.69, 9.17) is 9.47 Å². The van der Waals surface area contributed by atoms with Gasteiger partial charge in [0, 0.05) is 11.3 Å². The van der Waals surface area contributed by atoms with E-state index < -0.39 is 6.10 Å². The van der Waals surface area contributed by atoms with E-state index in [1.807, 2.05) is 12.1 Å². The van der Waals surface area contributed by atoms with Crippen molar-refractivity contribution >= 4 is 11.6 Å². The van der Waals surface area contributed by atoms with Gasteiger partial charge in [-0.25, -0.2) is 0 Å². The van der Waals surface area contributed by atoms with E-state index >= 15 is 0 Å². The largest absolute Gasteiger partial charge is 0.485 e. The van der Waals surface area contributed by atoms with Gasteiger partial charge < -0.3 is 19.9 Å². The second kappa shape index (κ2) is 5.85. The third-order valence-corrected chi connectivity index (χ3v) is 3.25. The Balaban J connectivity index is 1.72. The molecule has 2 aromatic carbocycles.